The molecule has 144 valence electrons. The lowest BCUT2D eigenvalue weighted by Gasteiger charge is -2.06. The van der Waals surface area contributed by atoms with Crippen LogP contribution in [-0.2, 0) is 11.3 Å². The minimum atomic E-state index is -0.290. The van der Waals surface area contributed by atoms with Crippen molar-refractivity contribution in [1.29, 1.82) is 0 Å². The number of carbonyl (C=O) groups is 1. The van der Waals surface area contributed by atoms with Crippen LogP contribution in [0.3, 0.4) is 0 Å². The van der Waals surface area contributed by atoms with Gasteiger partial charge in [0.2, 0.25) is 16.2 Å². The predicted octanol–water partition coefficient (Wildman–Crippen LogP) is 5.61. The number of benzene rings is 3. The first-order valence-corrected chi connectivity index (χ1v) is 10.2. The zero-order chi connectivity index (χ0) is 20.1. The first kappa shape index (κ1) is 19.1. The Hall–Kier alpha value is -3.22. The van der Waals surface area contributed by atoms with E-state index in [2.05, 4.69) is 45.1 Å². The van der Waals surface area contributed by atoms with E-state index < -0.39 is 0 Å². The molecule has 0 saturated carbocycles. The predicted molar refractivity (Wildman–Crippen MR) is 120 cm³/mol. The van der Waals surface area contributed by atoms with Crippen LogP contribution < -0.4 is 10.6 Å². The maximum atomic E-state index is 12.1. The molecule has 1 aromatic heterocycles. The third kappa shape index (κ3) is 4.80. The number of amides is 1. The topological polar surface area (TPSA) is 66.9 Å². The second-order valence-electron chi connectivity index (χ2n) is 6.25. The maximum Gasteiger partial charge on any atom is 0.250 e. The van der Waals surface area contributed by atoms with E-state index >= 15 is 0 Å². The van der Waals surface area contributed by atoms with Crippen LogP contribution in [0.5, 0.6) is 0 Å². The number of rotatable bonds is 6. The molecule has 0 spiro atoms. The van der Waals surface area contributed by atoms with Gasteiger partial charge in [0.25, 0.3) is 0 Å². The van der Waals surface area contributed by atoms with Gasteiger partial charge in [-0.1, -0.05) is 83.6 Å². The molecule has 3 aromatic carbocycles. The minimum Gasteiger partial charge on any atom is -0.356 e. The summed E-state index contributed by atoms with van der Waals surface area (Å²) in [5.74, 6) is -0.290. The molecule has 0 saturated heterocycles. The average Bonchev–Trinajstić information content (AvgIpc) is 3.19. The molecular formula is C22H17ClN4OS. The molecular weight excluding hydrogens is 404 g/mol. The summed E-state index contributed by atoms with van der Waals surface area (Å²) >= 11 is 7.37. The van der Waals surface area contributed by atoms with E-state index in [1.54, 1.807) is 12.1 Å². The zero-order valence-electron chi connectivity index (χ0n) is 15.3. The fourth-order valence-corrected chi connectivity index (χ4v) is 3.73. The van der Waals surface area contributed by atoms with Gasteiger partial charge in [0.05, 0.1) is 0 Å². The number of anilines is 2. The molecule has 0 radical (unpaired) electrons. The molecule has 29 heavy (non-hydrogen) atoms. The molecule has 0 bridgehead atoms. The molecule has 7 heteroatoms. The van der Waals surface area contributed by atoms with Crippen molar-refractivity contribution in [2.75, 3.05) is 10.6 Å². The SMILES string of the molecule is O=C(C=Cc1ccccc1Cl)Nc1nnc(NCc2cccc3ccccc23)s1. The van der Waals surface area contributed by atoms with Crippen molar-refractivity contribution < 1.29 is 4.79 Å². The van der Waals surface area contributed by atoms with Crippen molar-refractivity contribution >= 4 is 56.0 Å². The Labute approximate surface area is 177 Å². The van der Waals surface area contributed by atoms with Gasteiger partial charge in [-0.15, -0.1) is 10.2 Å². The average molecular weight is 421 g/mol. The Kier molecular flexibility index (Phi) is 5.84. The van der Waals surface area contributed by atoms with Crippen molar-refractivity contribution in [2.24, 2.45) is 0 Å². The van der Waals surface area contributed by atoms with Crippen LogP contribution in [0.15, 0.2) is 72.8 Å². The Balaban J connectivity index is 1.37. The fourth-order valence-electron chi connectivity index (χ4n) is 2.89. The summed E-state index contributed by atoms with van der Waals surface area (Å²) in [5.41, 5.74) is 1.95. The molecule has 0 unspecified atom stereocenters. The van der Waals surface area contributed by atoms with Gasteiger partial charge >= 0.3 is 0 Å². The molecule has 0 aliphatic carbocycles. The van der Waals surface area contributed by atoms with Crippen LogP contribution >= 0.6 is 22.9 Å². The number of fused-ring (bicyclic) bond motifs is 1. The van der Waals surface area contributed by atoms with E-state index in [4.69, 9.17) is 11.6 Å². The quantitative estimate of drug-likeness (QED) is 0.398. The first-order valence-electron chi connectivity index (χ1n) is 8.97. The van der Waals surface area contributed by atoms with Gasteiger partial charge in [0.1, 0.15) is 0 Å². The smallest absolute Gasteiger partial charge is 0.250 e. The van der Waals surface area contributed by atoms with Gasteiger partial charge < -0.3 is 5.32 Å². The van der Waals surface area contributed by atoms with Gasteiger partial charge in [-0.3, -0.25) is 10.1 Å². The third-order valence-electron chi connectivity index (χ3n) is 4.28. The van der Waals surface area contributed by atoms with E-state index in [1.165, 1.54) is 33.7 Å². The van der Waals surface area contributed by atoms with Crippen LogP contribution in [0.2, 0.25) is 5.02 Å². The Bertz CT molecular complexity index is 1180. The van der Waals surface area contributed by atoms with Crippen molar-refractivity contribution in [3.63, 3.8) is 0 Å². The highest BCUT2D eigenvalue weighted by molar-refractivity contribution is 7.19. The molecule has 1 heterocycles. The van der Waals surface area contributed by atoms with Gasteiger partial charge in [0.15, 0.2) is 0 Å². The van der Waals surface area contributed by atoms with Crippen LogP contribution in [0.4, 0.5) is 10.3 Å². The van der Waals surface area contributed by atoms with E-state index in [0.29, 0.717) is 21.8 Å². The summed E-state index contributed by atoms with van der Waals surface area (Å²) in [7, 11) is 0. The highest BCUT2D eigenvalue weighted by Gasteiger charge is 2.07. The van der Waals surface area contributed by atoms with Crippen molar-refractivity contribution in [1.82, 2.24) is 10.2 Å². The van der Waals surface area contributed by atoms with Crippen molar-refractivity contribution in [3.05, 3.63) is 89.0 Å². The highest BCUT2D eigenvalue weighted by atomic mass is 35.5. The molecule has 0 aliphatic heterocycles. The van der Waals surface area contributed by atoms with Gasteiger partial charge in [-0.25, -0.2) is 0 Å². The molecule has 0 fully saturated rings. The fraction of sp³-hybridized carbons (Fsp3) is 0.0455. The Morgan fingerprint density at radius 1 is 0.966 bits per heavy atom. The summed E-state index contributed by atoms with van der Waals surface area (Å²) < 4.78 is 0. The summed E-state index contributed by atoms with van der Waals surface area (Å²) in [4.78, 5) is 12.1. The molecule has 5 nitrogen and oxygen atoms in total. The van der Waals surface area contributed by atoms with E-state index in [-0.39, 0.29) is 5.91 Å². The zero-order valence-corrected chi connectivity index (χ0v) is 16.9. The van der Waals surface area contributed by atoms with Gasteiger partial charge in [-0.05, 0) is 34.0 Å². The number of halogens is 1. The van der Waals surface area contributed by atoms with E-state index in [0.717, 1.165) is 5.56 Å². The molecule has 0 atom stereocenters. The first-order chi connectivity index (χ1) is 14.2. The lowest BCUT2D eigenvalue weighted by molar-refractivity contribution is -0.111. The summed E-state index contributed by atoms with van der Waals surface area (Å²) in [6.07, 6.45) is 3.09. The Morgan fingerprint density at radius 2 is 1.72 bits per heavy atom. The van der Waals surface area contributed by atoms with Crippen LogP contribution in [0.1, 0.15) is 11.1 Å². The van der Waals surface area contributed by atoms with Gasteiger partial charge in [-0.2, -0.15) is 0 Å². The maximum absolute atomic E-state index is 12.1. The highest BCUT2D eigenvalue weighted by Crippen LogP contribution is 2.23. The number of carbonyl (C=O) groups excluding carboxylic acids is 1. The molecule has 2 N–H and O–H groups in total. The van der Waals surface area contributed by atoms with Crippen LogP contribution in [0, 0.1) is 0 Å². The standard InChI is InChI=1S/C22H17ClN4OS/c23-19-11-4-2-7-16(19)12-13-20(28)25-22-27-26-21(29-22)24-14-17-9-5-8-15-6-1-3-10-18(15)17/h1-13H,14H2,(H,24,26)(H,25,27,28). The second-order valence-corrected chi connectivity index (χ2v) is 7.63. The summed E-state index contributed by atoms with van der Waals surface area (Å²) in [5, 5.41) is 18.2. The number of aromatic nitrogens is 2. The van der Waals surface area contributed by atoms with E-state index in [1.807, 2.05) is 36.4 Å². The molecule has 4 aromatic rings. The summed E-state index contributed by atoms with van der Waals surface area (Å²) in [6, 6.07) is 21.8. The molecule has 4 rings (SSSR count). The number of nitrogens with zero attached hydrogens (tertiary/aromatic N) is 2. The lowest BCUT2D eigenvalue weighted by Crippen LogP contribution is -2.07. The normalized spacial score (nSPS) is 11.1. The lowest BCUT2D eigenvalue weighted by atomic mass is 10.0. The molecule has 1 amide bonds. The number of nitrogens with one attached hydrogen (secondary N) is 2. The van der Waals surface area contributed by atoms with Crippen molar-refractivity contribution in [3.8, 4) is 0 Å². The van der Waals surface area contributed by atoms with Crippen LogP contribution in [0.25, 0.3) is 16.8 Å². The summed E-state index contributed by atoms with van der Waals surface area (Å²) in [6.45, 7) is 0.621. The monoisotopic (exact) mass is 420 g/mol. The minimum absolute atomic E-state index is 0.290. The number of hydrogen-bond acceptors (Lipinski definition) is 5. The van der Waals surface area contributed by atoms with Crippen LogP contribution in [-0.4, -0.2) is 16.1 Å². The number of hydrogen-bond donors (Lipinski definition) is 2. The van der Waals surface area contributed by atoms with E-state index in [9.17, 15) is 4.79 Å². The van der Waals surface area contributed by atoms with Gasteiger partial charge in [0, 0.05) is 17.6 Å². The molecule has 0 aliphatic rings. The largest absolute Gasteiger partial charge is 0.356 e. The second kappa shape index (κ2) is 8.86. The Morgan fingerprint density at radius 3 is 2.62 bits per heavy atom. The van der Waals surface area contributed by atoms with Crippen molar-refractivity contribution in [2.45, 2.75) is 6.54 Å². The third-order valence-corrected chi connectivity index (χ3v) is 5.43.